The van der Waals surface area contributed by atoms with E-state index in [1.54, 1.807) is 34.2 Å². The van der Waals surface area contributed by atoms with Crippen molar-refractivity contribution in [2.75, 3.05) is 13.6 Å². The molecule has 0 unspecified atom stereocenters. The summed E-state index contributed by atoms with van der Waals surface area (Å²) in [5.74, 6) is -0.0627. The van der Waals surface area contributed by atoms with Gasteiger partial charge in [-0.15, -0.1) is 47.5 Å². The first kappa shape index (κ1) is 20.3. The first-order valence-corrected chi connectivity index (χ1v) is 7.66. The van der Waals surface area contributed by atoms with Crippen LogP contribution in [0.1, 0.15) is 26.1 Å². The molecular weight excluding hydrogens is 351 g/mol. The van der Waals surface area contributed by atoms with Gasteiger partial charge >= 0.3 is 0 Å². The zero-order valence-electron chi connectivity index (χ0n) is 11.7. The van der Waals surface area contributed by atoms with E-state index in [1.165, 1.54) is 11.3 Å². The molecule has 0 radical (unpaired) electrons. The molecular formula is C12H18Cl2N4OS2. The lowest BCUT2D eigenvalue weighted by Gasteiger charge is -2.14. The molecule has 118 valence electrons. The van der Waals surface area contributed by atoms with Crippen LogP contribution in [0.2, 0.25) is 0 Å². The van der Waals surface area contributed by atoms with Gasteiger partial charge in [0.15, 0.2) is 0 Å². The van der Waals surface area contributed by atoms with E-state index in [0.717, 1.165) is 22.0 Å². The molecule has 2 heterocycles. The summed E-state index contributed by atoms with van der Waals surface area (Å²) in [7, 11) is 1.78. The molecule has 1 amide bonds. The predicted octanol–water partition coefficient (Wildman–Crippen LogP) is 2.53. The number of hydrogen-bond donors (Lipinski definition) is 1. The van der Waals surface area contributed by atoms with Crippen molar-refractivity contribution >= 4 is 53.4 Å². The van der Waals surface area contributed by atoms with Gasteiger partial charge in [0.1, 0.15) is 5.69 Å². The maximum absolute atomic E-state index is 12.2. The number of nitrogens with two attached hydrogens (primary N) is 1. The molecule has 2 aromatic rings. The fourth-order valence-corrected chi connectivity index (χ4v) is 3.23. The van der Waals surface area contributed by atoms with E-state index in [2.05, 4.69) is 9.97 Å². The quantitative estimate of drug-likeness (QED) is 0.879. The molecule has 9 heteroatoms. The molecule has 0 bridgehead atoms. The van der Waals surface area contributed by atoms with Gasteiger partial charge in [-0.25, -0.2) is 9.97 Å². The number of thiazole rings is 2. The van der Waals surface area contributed by atoms with Gasteiger partial charge in [0.25, 0.3) is 5.91 Å². The summed E-state index contributed by atoms with van der Waals surface area (Å²) in [5, 5.41) is 2.71. The van der Waals surface area contributed by atoms with E-state index in [1.807, 2.05) is 6.92 Å². The Hall–Kier alpha value is -0.730. The van der Waals surface area contributed by atoms with E-state index in [4.69, 9.17) is 5.73 Å². The summed E-state index contributed by atoms with van der Waals surface area (Å²) >= 11 is 3.05. The Morgan fingerprint density at radius 1 is 1.38 bits per heavy atom. The van der Waals surface area contributed by atoms with Gasteiger partial charge in [0.2, 0.25) is 0 Å². The number of aromatic nitrogens is 2. The fourth-order valence-electron chi connectivity index (χ4n) is 1.61. The Balaban J connectivity index is 0.00000200. The Kier molecular flexibility index (Phi) is 9.00. The predicted molar refractivity (Wildman–Crippen MR) is 92.0 cm³/mol. The van der Waals surface area contributed by atoms with Crippen LogP contribution < -0.4 is 5.73 Å². The van der Waals surface area contributed by atoms with Crippen LogP contribution in [0.3, 0.4) is 0 Å². The zero-order chi connectivity index (χ0) is 13.8. The normalized spacial score (nSPS) is 9.67. The summed E-state index contributed by atoms with van der Waals surface area (Å²) in [6, 6.07) is 0. The van der Waals surface area contributed by atoms with E-state index in [9.17, 15) is 4.79 Å². The minimum atomic E-state index is -0.0627. The van der Waals surface area contributed by atoms with Gasteiger partial charge in [0, 0.05) is 23.7 Å². The summed E-state index contributed by atoms with van der Waals surface area (Å²) in [4.78, 5) is 23.5. The Bertz CT molecular complexity index is 573. The van der Waals surface area contributed by atoms with Crippen LogP contribution in [0.25, 0.3) is 0 Å². The van der Waals surface area contributed by atoms with Crippen molar-refractivity contribution in [1.29, 1.82) is 0 Å². The largest absolute Gasteiger partial charge is 0.335 e. The zero-order valence-corrected chi connectivity index (χ0v) is 15.0. The van der Waals surface area contributed by atoms with Gasteiger partial charge in [-0.2, -0.15) is 0 Å². The van der Waals surface area contributed by atoms with Gasteiger partial charge in [-0.1, -0.05) is 0 Å². The minimum Gasteiger partial charge on any atom is -0.335 e. The second-order valence-electron chi connectivity index (χ2n) is 4.19. The molecule has 2 rings (SSSR count). The lowest BCUT2D eigenvalue weighted by Crippen LogP contribution is -2.26. The molecule has 0 atom stereocenters. The van der Waals surface area contributed by atoms with Gasteiger partial charge in [-0.3, -0.25) is 4.79 Å². The highest BCUT2D eigenvalue weighted by Gasteiger charge is 2.16. The van der Waals surface area contributed by atoms with Crippen LogP contribution in [-0.4, -0.2) is 34.4 Å². The molecule has 5 nitrogen and oxygen atoms in total. The molecule has 2 N–H and O–H groups in total. The number of carbonyl (C=O) groups is 1. The van der Waals surface area contributed by atoms with Crippen molar-refractivity contribution in [3.05, 3.63) is 32.2 Å². The number of nitrogens with zero attached hydrogens (tertiary/aromatic N) is 3. The highest BCUT2D eigenvalue weighted by atomic mass is 35.5. The summed E-state index contributed by atoms with van der Waals surface area (Å²) < 4.78 is 0. The lowest BCUT2D eigenvalue weighted by molar-refractivity contribution is 0.0781. The Labute approximate surface area is 144 Å². The van der Waals surface area contributed by atoms with Crippen LogP contribution in [0.4, 0.5) is 0 Å². The molecule has 0 aliphatic rings. The van der Waals surface area contributed by atoms with Crippen molar-refractivity contribution in [3.8, 4) is 0 Å². The van der Waals surface area contributed by atoms with Crippen molar-refractivity contribution in [2.24, 2.45) is 5.73 Å². The van der Waals surface area contributed by atoms with Crippen LogP contribution in [0.5, 0.6) is 0 Å². The SMILES string of the molecule is Cc1ncsc1CN(C)C(=O)c1csc(CCN)n1.Cl.Cl. The average Bonchev–Trinajstić information content (AvgIpc) is 2.99. The monoisotopic (exact) mass is 368 g/mol. The number of halogens is 2. The van der Waals surface area contributed by atoms with E-state index in [-0.39, 0.29) is 30.7 Å². The van der Waals surface area contributed by atoms with Crippen LogP contribution >= 0.6 is 47.5 Å². The topological polar surface area (TPSA) is 72.1 Å². The third kappa shape index (κ3) is 5.19. The molecule has 2 aromatic heterocycles. The van der Waals surface area contributed by atoms with Crippen LogP contribution in [0.15, 0.2) is 10.9 Å². The average molecular weight is 369 g/mol. The Morgan fingerprint density at radius 3 is 2.67 bits per heavy atom. The maximum Gasteiger partial charge on any atom is 0.273 e. The third-order valence-electron chi connectivity index (χ3n) is 2.70. The molecule has 21 heavy (non-hydrogen) atoms. The highest BCUT2D eigenvalue weighted by molar-refractivity contribution is 7.10. The first-order valence-electron chi connectivity index (χ1n) is 5.90. The molecule has 0 aliphatic carbocycles. The number of amides is 1. The smallest absolute Gasteiger partial charge is 0.273 e. The summed E-state index contributed by atoms with van der Waals surface area (Å²) in [5.41, 5.74) is 8.75. The minimum absolute atomic E-state index is 0. The van der Waals surface area contributed by atoms with Gasteiger partial charge < -0.3 is 10.6 Å². The van der Waals surface area contributed by atoms with Crippen molar-refractivity contribution in [1.82, 2.24) is 14.9 Å². The standard InChI is InChI=1S/C12H16N4OS2.2ClH/c1-8-10(19-7-14-8)5-16(2)12(17)9-6-18-11(15-9)3-4-13;;/h6-7H,3-5,13H2,1-2H3;2*1H. The van der Waals surface area contributed by atoms with Gasteiger partial charge in [0.05, 0.1) is 22.8 Å². The molecule has 0 spiro atoms. The lowest BCUT2D eigenvalue weighted by atomic mass is 10.3. The Morgan fingerprint density at radius 2 is 2.10 bits per heavy atom. The van der Waals surface area contributed by atoms with Crippen LogP contribution in [0, 0.1) is 6.92 Å². The number of carbonyl (C=O) groups excluding carboxylic acids is 1. The van der Waals surface area contributed by atoms with E-state index >= 15 is 0 Å². The molecule has 0 aliphatic heterocycles. The summed E-state index contributed by atoms with van der Waals surface area (Å²) in [6.45, 7) is 3.07. The second-order valence-corrected chi connectivity index (χ2v) is 6.07. The van der Waals surface area contributed by atoms with E-state index in [0.29, 0.717) is 18.8 Å². The fraction of sp³-hybridized carbons (Fsp3) is 0.417. The van der Waals surface area contributed by atoms with E-state index < -0.39 is 0 Å². The number of rotatable bonds is 5. The van der Waals surface area contributed by atoms with Gasteiger partial charge in [-0.05, 0) is 13.5 Å². The first-order chi connectivity index (χ1) is 9.11. The van der Waals surface area contributed by atoms with Crippen LogP contribution in [-0.2, 0) is 13.0 Å². The maximum atomic E-state index is 12.2. The second kappa shape index (κ2) is 9.32. The van der Waals surface area contributed by atoms with Crippen molar-refractivity contribution in [2.45, 2.75) is 19.9 Å². The van der Waals surface area contributed by atoms with Crippen molar-refractivity contribution in [3.63, 3.8) is 0 Å². The third-order valence-corrected chi connectivity index (χ3v) is 4.53. The summed E-state index contributed by atoms with van der Waals surface area (Å²) in [6.07, 6.45) is 0.718. The highest BCUT2D eigenvalue weighted by Crippen LogP contribution is 2.17. The molecule has 0 fully saturated rings. The molecule has 0 saturated heterocycles. The molecule has 0 aromatic carbocycles. The number of hydrogen-bond acceptors (Lipinski definition) is 6. The van der Waals surface area contributed by atoms with Crippen molar-refractivity contribution < 1.29 is 4.79 Å². The molecule has 0 saturated carbocycles. The number of aryl methyl sites for hydroxylation is 1.